The van der Waals surface area contributed by atoms with E-state index in [9.17, 15) is 9.59 Å². The molecule has 0 aromatic heterocycles. The van der Waals surface area contributed by atoms with Crippen LogP contribution in [-0.2, 0) is 15.0 Å². The third-order valence-corrected chi connectivity index (χ3v) is 6.47. The fourth-order valence-corrected chi connectivity index (χ4v) is 4.98. The van der Waals surface area contributed by atoms with Crippen molar-refractivity contribution in [2.24, 2.45) is 0 Å². The van der Waals surface area contributed by atoms with Crippen LogP contribution in [0.2, 0.25) is 0 Å². The summed E-state index contributed by atoms with van der Waals surface area (Å²) in [6.45, 7) is 0.488. The normalized spacial score (nSPS) is 28.9. The molecule has 0 bridgehead atoms. The molecular weight excluding hydrogens is 328 g/mol. The van der Waals surface area contributed by atoms with Crippen molar-refractivity contribution in [2.45, 2.75) is 68.9 Å². The molecule has 3 fully saturated rings. The zero-order valence-electron chi connectivity index (χ0n) is 15.5. The molecule has 5 heteroatoms. The van der Waals surface area contributed by atoms with Crippen molar-refractivity contribution >= 4 is 11.8 Å². The van der Waals surface area contributed by atoms with Gasteiger partial charge in [-0.05, 0) is 43.4 Å². The van der Waals surface area contributed by atoms with Crippen LogP contribution in [0.5, 0.6) is 5.75 Å². The monoisotopic (exact) mass is 356 g/mol. The Hall–Kier alpha value is -2.04. The number of rotatable bonds is 4. The van der Waals surface area contributed by atoms with E-state index >= 15 is 0 Å². The van der Waals surface area contributed by atoms with Gasteiger partial charge in [-0.25, -0.2) is 0 Å². The molecule has 2 atom stereocenters. The van der Waals surface area contributed by atoms with Gasteiger partial charge in [0.1, 0.15) is 5.75 Å². The highest BCUT2D eigenvalue weighted by Crippen LogP contribution is 2.44. The molecule has 4 rings (SSSR count). The van der Waals surface area contributed by atoms with E-state index in [1.165, 1.54) is 19.3 Å². The molecular formula is C21H28N2O3. The number of carbonyl (C=O) groups is 2. The van der Waals surface area contributed by atoms with Gasteiger partial charge in [0.15, 0.2) is 0 Å². The van der Waals surface area contributed by atoms with E-state index in [0.29, 0.717) is 19.4 Å². The van der Waals surface area contributed by atoms with Crippen molar-refractivity contribution in [1.29, 1.82) is 0 Å². The Bertz CT molecular complexity index is 698. The van der Waals surface area contributed by atoms with E-state index in [2.05, 4.69) is 5.32 Å². The summed E-state index contributed by atoms with van der Waals surface area (Å²) in [6, 6.07) is 8.27. The van der Waals surface area contributed by atoms with Crippen LogP contribution < -0.4 is 10.1 Å². The maximum absolute atomic E-state index is 13.5. The van der Waals surface area contributed by atoms with Crippen LogP contribution in [0.15, 0.2) is 24.3 Å². The van der Waals surface area contributed by atoms with Crippen molar-refractivity contribution in [3.05, 3.63) is 29.8 Å². The van der Waals surface area contributed by atoms with E-state index in [1.807, 2.05) is 29.2 Å². The van der Waals surface area contributed by atoms with Crippen LogP contribution in [0.1, 0.15) is 56.9 Å². The molecule has 1 aromatic carbocycles. The van der Waals surface area contributed by atoms with Gasteiger partial charge in [-0.1, -0.05) is 31.4 Å². The second-order valence-corrected chi connectivity index (χ2v) is 8.04. The number of hydrogen-bond acceptors (Lipinski definition) is 3. The summed E-state index contributed by atoms with van der Waals surface area (Å²) in [4.78, 5) is 27.7. The summed E-state index contributed by atoms with van der Waals surface area (Å²) in [5.74, 6) is 1.02. The van der Waals surface area contributed by atoms with Crippen molar-refractivity contribution in [3.63, 3.8) is 0 Å². The van der Waals surface area contributed by atoms with Gasteiger partial charge in [0.2, 0.25) is 11.8 Å². The molecule has 2 amide bonds. The highest BCUT2D eigenvalue weighted by atomic mass is 16.5. The van der Waals surface area contributed by atoms with Crippen LogP contribution in [0.25, 0.3) is 0 Å². The first kappa shape index (κ1) is 17.4. The highest BCUT2D eigenvalue weighted by Gasteiger charge is 2.54. The van der Waals surface area contributed by atoms with Crippen LogP contribution >= 0.6 is 0 Å². The van der Waals surface area contributed by atoms with E-state index < -0.39 is 5.41 Å². The molecule has 2 heterocycles. The van der Waals surface area contributed by atoms with Crippen molar-refractivity contribution in [2.75, 3.05) is 13.7 Å². The fourth-order valence-electron chi connectivity index (χ4n) is 4.98. The summed E-state index contributed by atoms with van der Waals surface area (Å²) in [6.07, 6.45) is 7.94. The first-order valence-electron chi connectivity index (χ1n) is 9.87. The lowest BCUT2D eigenvalue weighted by Crippen LogP contribution is -2.50. The molecule has 1 N–H and O–H groups in total. The third-order valence-electron chi connectivity index (χ3n) is 6.47. The largest absolute Gasteiger partial charge is 0.497 e. The number of hydrogen-bond donors (Lipinski definition) is 1. The number of fused-ring (bicyclic) bond motifs is 1. The average molecular weight is 356 g/mol. The Kier molecular flexibility index (Phi) is 4.63. The van der Waals surface area contributed by atoms with Crippen LogP contribution in [0.4, 0.5) is 0 Å². The van der Waals surface area contributed by atoms with E-state index in [4.69, 9.17) is 4.74 Å². The van der Waals surface area contributed by atoms with Gasteiger partial charge in [-0.2, -0.15) is 0 Å². The van der Waals surface area contributed by atoms with Gasteiger partial charge in [0, 0.05) is 25.0 Å². The molecule has 2 saturated heterocycles. The van der Waals surface area contributed by atoms with Gasteiger partial charge < -0.3 is 15.0 Å². The van der Waals surface area contributed by atoms with Crippen LogP contribution in [-0.4, -0.2) is 42.5 Å². The number of carbonyl (C=O) groups excluding carboxylic acids is 2. The smallest absolute Gasteiger partial charge is 0.232 e. The molecule has 3 aliphatic rings. The maximum atomic E-state index is 13.5. The van der Waals surface area contributed by atoms with E-state index in [0.717, 1.165) is 30.6 Å². The molecule has 5 nitrogen and oxygen atoms in total. The number of amides is 2. The summed E-state index contributed by atoms with van der Waals surface area (Å²) in [7, 11) is 1.64. The van der Waals surface area contributed by atoms with Gasteiger partial charge in [0.25, 0.3) is 0 Å². The number of nitrogens with one attached hydrogen (secondary N) is 1. The Morgan fingerprint density at radius 2 is 2.04 bits per heavy atom. The molecule has 0 spiro atoms. The van der Waals surface area contributed by atoms with Crippen LogP contribution in [0.3, 0.4) is 0 Å². The topological polar surface area (TPSA) is 58.6 Å². The third kappa shape index (κ3) is 2.97. The molecule has 2 aliphatic heterocycles. The first-order chi connectivity index (χ1) is 12.6. The average Bonchev–Trinajstić information content (AvgIpc) is 3.22. The standard InChI is InChI=1S/C21H28N2O3/c1-26-18-9-5-6-15(12-18)21(13-17-10-11-19(24)23(17)14-21)20(25)22-16-7-3-2-4-8-16/h5-6,9,12,16-17H,2-4,7-8,10-11,13-14H2,1H3,(H,22,25)/t17-,21-/m0/s1. The van der Waals surface area contributed by atoms with Crippen molar-refractivity contribution in [3.8, 4) is 5.75 Å². The Labute approximate surface area is 155 Å². The Balaban J connectivity index is 1.65. The second kappa shape index (κ2) is 6.93. The predicted octanol–water partition coefficient (Wildman–Crippen LogP) is 2.78. The van der Waals surface area contributed by atoms with Crippen molar-refractivity contribution < 1.29 is 14.3 Å². The summed E-state index contributed by atoms with van der Waals surface area (Å²) in [5.41, 5.74) is 0.305. The number of benzene rings is 1. The Morgan fingerprint density at radius 3 is 2.77 bits per heavy atom. The molecule has 1 saturated carbocycles. The summed E-state index contributed by atoms with van der Waals surface area (Å²) >= 11 is 0. The zero-order valence-corrected chi connectivity index (χ0v) is 15.5. The molecule has 26 heavy (non-hydrogen) atoms. The van der Waals surface area contributed by atoms with Gasteiger partial charge in [-0.3, -0.25) is 9.59 Å². The lowest BCUT2D eigenvalue weighted by Gasteiger charge is -2.32. The predicted molar refractivity (Wildman–Crippen MR) is 99.0 cm³/mol. The summed E-state index contributed by atoms with van der Waals surface area (Å²) in [5, 5.41) is 3.32. The van der Waals surface area contributed by atoms with Crippen molar-refractivity contribution in [1.82, 2.24) is 10.2 Å². The van der Waals surface area contributed by atoms with E-state index in [1.54, 1.807) is 7.11 Å². The Morgan fingerprint density at radius 1 is 1.23 bits per heavy atom. The highest BCUT2D eigenvalue weighted by molar-refractivity contribution is 5.91. The fraction of sp³-hybridized carbons (Fsp3) is 0.619. The molecule has 1 aliphatic carbocycles. The molecule has 140 valence electrons. The minimum atomic E-state index is -0.660. The summed E-state index contributed by atoms with van der Waals surface area (Å²) < 4.78 is 5.39. The van der Waals surface area contributed by atoms with Gasteiger partial charge in [0.05, 0.1) is 12.5 Å². The van der Waals surface area contributed by atoms with Gasteiger partial charge >= 0.3 is 0 Å². The molecule has 0 unspecified atom stereocenters. The second-order valence-electron chi connectivity index (χ2n) is 8.04. The number of ether oxygens (including phenoxy) is 1. The lowest BCUT2D eigenvalue weighted by molar-refractivity contribution is -0.130. The van der Waals surface area contributed by atoms with E-state index in [-0.39, 0.29) is 23.9 Å². The minimum absolute atomic E-state index is 0.0832. The lowest BCUT2D eigenvalue weighted by atomic mass is 9.76. The SMILES string of the molecule is COc1cccc([C@]2(C(=O)NC3CCCCC3)C[C@@H]3CCC(=O)N3C2)c1. The quantitative estimate of drug-likeness (QED) is 0.902. The zero-order chi connectivity index (χ0) is 18.1. The van der Waals surface area contributed by atoms with Gasteiger partial charge in [-0.15, -0.1) is 0 Å². The molecule has 1 aromatic rings. The number of nitrogens with zero attached hydrogens (tertiary/aromatic N) is 1. The maximum Gasteiger partial charge on any atom is 0.232 e. The van der Waals surface area contributed by atoms with Crippen LogP contribution in [0, 0.1) is 0 Å². The minimum Gasteiger partial charge on any atom is -0.497 e. The molecule has 0 radical (unpaired) electrons. The first-order valence-corrected chi connectivity index (χ1v) is 9.87. The number of methoxy groups -OCH3 is 1.